The lowest BCUT2D eigenvalue weighted by atomic mass is 10.2. The predicted octanol–water partition coefficient (Wildman–Crippen LogP) is -0.710. The number of nitrogens with zero attached hydrogens (tertiary/aromatic N) is 2. The number of imide groups is 1. The van der Waals surface area contributed by atoms with Gasteiger partial charge in [0.05, 0.1) is 35.4 Å². The van der Waals surface area contributed by atoms with E-state index in [2.05, 4.69) is 5.32 Å². The van der Waals surface area contributed by atoms with Crippen molar-refractivity contribution in [1.82, 2.24) is 10.2 Å². The Balaban J connectivity index is 2.12. The van der Waals surface area contributed by atoms with Crippen LogP contribution in [-0.2, 0) is 19.4 Å². The number of sulfone groups is 1. The molecule has 1 aromatic rings. The number of nitriles is 1. The molecule has 1 aliphatic rings. The molecule has 1 aliphatic heterocycles. The van der Waals surface area contributed by atoms with Crippen molar-refractivity contribution in [2.45, 2.75) is 4.90 Å². The molecule has 0 atom stereocenters. The molecular formula is C13H13N3O4S. The van der Waals surface area contributed by atoms with E-state index in [9.17, 15) is 18.0 Å². The SMILES string of the molecule is N#Cc1cccc(S(=O)(=O)CCN2C(=O)CNCC2=O)c1. The maximum atomic E-state index is 12.2. The monoisotopic (exact) mass is 307 g/mol. The summed E-state index contributed by atoms with van der Waals surface area (Å²) >= 11 is 0. The summed E-state index contributed by atoms with van der Waals surface area (Å²) in [6, 6.07) is 7.51. The Morgan fingerprint density at radius 2 is 1.90 bits per heavy atom. The predicted molar refractivity (Wildman–Crippen MR) is 72.8 cm³/mol. The van der Waals surface area contributed by atoms with Gasteiger partial charge in [-0.05, 0) is 18.2 Å². The summed E-state index contributed by atoms with van der Waals surface area (Å²) in [6.45, 7) is -0.135. The average Bonchev–Trinajstić information content (AvgIpc) is 2.47. The summed E-state index contributed by atoms with van der Waals surface area (Å²) in [5, 5.41) is 11.4. The number of rotatable bonds is 4. The molecule has 1 heterocycles. The van der Waals surface area contributed by atoms with Crippen molar-refractivity contribution >= 4 is 21.7 Å². The first-order valence-corrected chi connectivity index (χ1v) is 7.86. The third-order valence-electron chi connectivity index (χ3n) is 3.06. The highest BCUT2D eigenvalue weighted by atomic mass is 32.2. The topological polar surface area (TPSA) is 107 Å². The van der Waals surface area contributed by atoms with E-state index in [-0.39, 0.29) is 35.8 Å². The fraction of sp³-hybridized carbons (Fsp3) is 0.308. The fourth-order valence-corrected chi connectivity index (χ4v) is 3.20. The van der Waals surface area contributed by atoms with Crippen LogP contribution in [0.2, 0.25) is 0 Å². The lowest BCUT2D eigenvalue weighted by molar-refractivity contribution is -0.146. The summed E-state index contributed by atoms with van der Waals surface area (Å²) in [5.74, 6) is -1.24. The minimum absolute atomic E-state index is 0.0107. The van der Waals surface area contributed by atoms with Gasteiger partial charge in [0.1, 0.15) is 0 Å². The van der Waals surface area contributed by atoms with Gasteiger partial charge in [-0.2, -0.15) is 5.26 Å². The second kappa shape index (κ2) is 6.03. The van der Waals surface area contributed by atoms with Gasteiger partial charge in [0, 0.05) is 6.54 Å². The van der Waals surface area contributed by atoms with Crippen LogP contribution in [0, 0.1) is 11.3 Å². The Morgan fingerprint density at radius 1 is 1.24 bits per heavy atom. The average molecular weight is 307 g/mol. The van der Waals surface area contributed by atoms with Gasteiger partial charge in [-0.25, -0.2) is 8.42 Å². The molecule has 1 aromatic carbocycles. The van der Waals surface area contributed by atoms with Crippen LogP contribution in [-0.4, -0.2) is 50.5 Å². The zero-order chi connectivity index (χ0) is 15.5. The normalized spacial score (nSPS) is 15.9. The van der Waals surface area contributed by atoms with E-state index in [1.807, 2.05) is 6.07 Å². The molecule has 0 spiro atoms. The molecule has 0 saturated carbocycles. The van der Waals surface area contributed by atoms with Crippen molar-refractivity contribution in [2.75, 3.05) is 25.4 Å². The van der Waals surface area contributed by atoms with Crippen LogP contribution in [0.5, 0.6) is 0 Å². The number of nitrogens with one attached hydrogen (secondary N) is 1. The standard InChI is InChI=1S/C13H13N3O4S/c14-7-10-2-1-3-11(6-10)21(19,20)5-4-16-12(17)8-15-9-13(16)18/h1-3,6,15H,4-5,8-9H2. The number of benzene rings is 1. The van der Waals surface area contributed by atoms with E-state index in [0.717, 1.165) is 4.90 Å². The van der Waals surface area contributed by atoms with Crippen LogP contribution >= 0.6 is 0 Å². The maximum Gasteiger partial charge on any atom is 0.243 e. The molecule has 0 unspecified atom stereocenters. The van der Waals surface area contributed by atoms with Crippen molar-refractivity contribution in [1.29, 1.82) is 5.26 Å². The minimum Gasteiger partial charge on any atom is -0.300 e. The van der Waals surface area contributed by atoms with Gasteiger partial charge in [-0.3, -0.25) is 19.8 Å². The summed E-state index contributed by atoms with van der Waals surface area (Å²) in [7, 11) is -3.66. The van der Waals surface area contributed by atoms with Crippen LogP contribution in [0.4, 0.5) is 0 Å². The number of hydrogen-bond acceptors (Lipinski definition) is 6. The van der Waals surface area contributed by atoms with Crippen LogP contribution in [0.25, 0.3) is 0 Å². The second-order valence-electron chi connectivity index (χ2n) is 4.50. The van der Waals surface area contributed by atoms with E-state index in [1.165, 1.54) is 24.3 Å². The van der Waals surface area contributed by atoms with Gasteiger partial charge in [0.15, 0.2) is 9.84 Å². The highest BCUT2D eigenvalue weighted by Crippen LogP contribution is 2.13. The van der Waals surface area contributed by atoms with Gasteiger partial charge < -0.3 is 0 Å². The quantitative estimate of drug-likeness (QED) is 0.736. The molecule has 2 rings (SSSR count). The highest BCUT2D eigenvalue weighted by molar-refractivity contribution is 7.91. The van der Waals surface area contributed by atoms with E-state index < -0.39 is 21.7 Å². The van der Waals surface area contributed by atoms with E-state index in [0.29, 0.717) is 0 Å². The lowest BCUT2D eigenvalue weighted by Gasteiger charge is -2.25. The molecule has 0 aliphatic carbocycles. The van der Waals surface area contributed by atoms with E-state index >= 15 is 0 Å². The Bertz CT molecular complexity index is 705. The second-order valence-corrected chi connectivity index (χ2v) is 6.61. The summed E-state index contributed by atoms with van der Waals surface area (Å²) in [5.41, 5.74) is 0.241. The first-order valence-electron chi connectivity index (χ1n) is 6.21. The van der Waals surface area contributed by atoms with E-state index in [4.69, 9.17) is 5.26 Å². The number of hydrogen-bond donors (Lipinski definition) is 1. The Labute approximate surface area is 122 Å². The Hall–Kier alpha value is -2.24. The van der Waals surface area contributed by atoms with Crippen LogP contribution < -0.4 is 5.32 Å². The third-order valence-corrected chi connectivity index (χ3v) is 4.75. The van der Waals surface area contributed by atoms with Gasteiger partial charge >= 0.3 is 0 Å². The first-order chi connectivity index (χ1) is 9.94. The molecule has 7 nitrogen and oxygen atoms in total. The van der Waals surface area contributed by atoms with Crippen molar-refractivity contribution in [3.05, 3.63) is 29.8 Å². The molecule has 0 aromatic heterocycles. The molecule has 1 N–H and O–H groups in total. The number of piperazine rings is 1. The van der Waals surface area contributed by atoms with Crippen molar-refractivity contribution < 1.29 is 18.0 Å². The molecule has 8 heteroatoms. The minimum atomic E-state index is -3.66. The molecule has 0 bridgehead atoms. The van der Waals surface area contributed by atoms with Crippen LogP contribution in [0.3, 0.4) is 0 Å². The van der Waals surface area contributed by atoms with E-state index in [1.54, 1.807) is 0 Å². The van der Waals surface area contributed by atoms with Crippen LogP contribution in [0.1, 0.15) is 5.56 Å². The fourth-order valence-electron chi connectivity index (χ4n) is 1.94. The summed E-state index contributed by atoms with van der Waals surface area (Å²) in [6.07, 6.45) is 0. The van der Waals surface area contributed by atoms with Crippen molar-refractivity contribution in [3.63, 3.8) is 0 Å². The Morgan fingerprint density at radius 3 is 2.52 bits per heavy atom. The number of amides is 2. The Kier molecular flexibility index (Phi) is 4.35. The summed E-state index contributed by atoms with van der Waals surface area (Å²) in [4.78, 5) is 24.1. The van der Waals surface area contributed by atoms with Crippen LogP contribution in [0.15, 0.2) is 29.2 Å². The molecular weight excluding hydrogens is 294 g/mol. The highest BCUT2D eigenvalue weighted by Gasteiger charge is 2.27. The maximum absolute atomic E-state index is 12.2. The lowest BCUT2D eigenvalue weighted by Crippen LogP contribution is -2.53. The van der Waals surface area contributed by atoms with Gasteiger partial charge in [-0.15, -0.1) is 0 Å². The zero-order valence-electron chi connectivity index (χ0n) is 11.1. The van der Waals surface area contributed by atoms with Crippen molar-refractivity contribution in [3.8, 4) is 6.07 Å². The zero-order valence-corrected chi connectivity index (χ0v) is 11.9. The molecule has 0 radical (unpaired) electrons. The van der Waals surface area contributed by atoms with Gasteiger partial charge in [0.2, 0.25) is 11.8 Å². The van der Waals surface area contributed by atoms with Gasteiger partial charge in [0.25, 0.3) is 0 Å². The largest absolute Gasteiger partial charge is 0.300 e. The molecule has 1 fully saturated rings. The first kappa shape index (κ1) is 15.2. The smallest absolute Gasteiger partial charge is 0.243 e. The van der Waals surface area contributed by atoms with Gasteiger partial charge in [-0.1, -0.05) is 6.07 Å². The summed E-state index contributed by atoms with van der Waals surface area (Å²) < 4.78 is 24.4. The molecule has 2 amide bonds. The third kappa shape index (κ3) is 3.45. The number of carbonyl (C=O) groups is 2. The molecule has 1 saturated heterocycles. The number of carbonyl (C=O) groups excluding carboxylic acids is 2. The van der Waals surface area contributed by atoms with Crippen molar-refractivity contribution in [2.24, 2.45) is 0 Å². The molecule has 21 heavy (non-hydrogen) atoms. The molecule has 110 valence electrons.